The topological polar surface area (TPSA) is 69.7 Å². The fourth-order valence-corrected chi connectivity index (χ4v) is 5.60. The van der Waals surface area contributed by atoms with Gasteiger partial charge >= 0.3 is 11.9 Å². The van der Waals surface area contributed by atoms with Crippen LogP contribution in [0.15, 0.2) is 0 Å². The summed E-state index contributed by atoms with van der Waals surface area (Å²) in [4.78, 5) is 37.6. The fraction of sp³-hybridized carbons (Fsp3) is 0.923. The van der Waals surface area contributed by atoms with Crippen LogP contribution < -0.4 is 0 Å². The number of unbranched alkanes of at least 4 members (excludes halogenated alkanes) is 4. The SMILES string of the molecule is CC(C)CCCC(C)CCOC(=O)C(C)(C)CCCCCC(=O)CCCCCC(C)(C)C(=O)OCCC(C)CCCC(C)C. The lowest BCUT2D eigenvalue weighted by Crippen LogP contribution is -2.27. The molecule has 0 fully saturated rings. The van der Waals surface area contributed by atoms with Gasteiger partial charge in [-0.15, -0.1) is 0 Å². The largest absolute Gasteiger partial charge is 0.465 e. The average Bonchev–Trinajstić information content (AvgIpc) is 2.91. The van der Waals surface area contributed by atoms with E-state index >= 15 is 0 Å². The normalized spacial score (nSPS) is 13.7. The number of ether oxygens (including phenoxy) is 2. The maximum atomic E-state index is 12.6. The maximum absolute atomic E-state index is 12.6. The second-order valence-corrected chi connectivity index (χ2v) is 16.1. The van der Waals surface area contributed by atoms with Crippen LogP contribution in [0.3, 0.4) is 0 Å². The van der Waals surface area contributed by atoms with E-state index in [4.69, 9.17) is 9.47 Å². The molecule has 0 aromatic heterocycles. The van der Waals surface area contributed by atoms with Gasteiger partial charge in [0.05, 0.1) is 24.0 Å². The minimum Gasteiger partial charge on any atom is -0.465 e. The van der Waals surface area contributed by atoms with Crippen LogP contribution in [0, 0.1) is 34.5 Å². The predicted molar refractivity (Wildman–Crippen MR) is 186 cm³/mol. The van der Waals surface area contributed by atoms with E-state index in [1.807, 2.05) is 27.7 Å². The Kier molecular flexibility index (Phi) is 23.1. The number of hydrogen-bond donors (Lipinski definition) is 0. The zero-order valence-corrected chi connectivity index (χ0v) is 31.0. The lowest BCUT2D eigenvalue weighted by molar-refractivity contribution is -0.155. The van der Waals surface area contributed by atoms with Gasteiger partial charge in [-0.05, 0) is 89.9 Å². The molecule has 0 rings (SSSR count). The van der Waals surface area contributed by atoms with Gasteiger partial charge in [0.25, 0.3) is 0 Å². The Balaban J connectivity index is 3.95. The molecule has 0 N–H and O–H groups in total. The quantitative estimate of drug-likeness (QED) is 0.0641. The average molecular weight is 623 g/mol. The second-order valence-electron chi connectivity index (χ2n) is 16.1. The van der Waals surface area contributed by atoms with Crippen molar-refractivity contribution in [1.82, 2.24) is 0 Å². The lowest BCUT2D eigenvalue weighted by Gasteiger charge is -2.23. The van der Waals surface area contributed by atoms with Crippen LogP contribution in [0.1, 0.15) is 185 Å². The van der Waals surface area contributed by atoms with Gasteiger partial charge in [0, 0.05) is 12.8 Å². The Morgan fingerprint density at radius 2 is 0.841 bits per heavy atom. The molecular weight excluding hydrogens is 548 g/mol. The Morgan fingerprint density at radius 1 is 0.477 bits per heavy atom. The zero-order chi connectivity index (χ0) is 33.6. The van der Waals surface area contributed by atoms with Crippen molar-refractivity contribution < 1.29 is 23.9 Å². The molecule has 0 spiro atoms. The van der Waals surface area contributed by atoms with Crippen molar-refractivity contribution in [3.63, 3.8) is 0 Å². The molecule has 0 radical (unpaired) electrons. The first-order chi connectivity index (χ1) is 20.6. The highest BCUT2D eigenvalue weighted by Gasteiger charge is 2.29. The summed E-state index contributed by atoms with van der Waals surface area (Å²) in [5, 5.41) is 0. The summed E-state index contributed by atoms with van der Waals surface area (Å²) < 4.78 is 11.2. The third-order valence-corrected chi connectivity index (χ3v) is 9.26. The van der Waals surface area contributed by atoms with Crippen LogP contribution >= 0.6 is 0 Å². The van der Waals surface area contributed by atoms with E-state index in [-0.39, 0.29) is 11.9 Å². The van der Waals surface area contributed by atoms with E-state index in [0.29, 0.717) is 43.7 Å². The van der Waals surface area contributed by atoms with E-state index in [0.717, 1.165) is 76.0 Å². The van der Waals surface area contributed by atoms with Crippen molar-refractivity contribution in [3.05, 3.63) is 0 Å². The third kappa shape index (κ3) is 23.0. The molecule has 2 atom stereocenters. The van der Waals surface area contributed by atoms with E-state index in [2.05, 4.69) is 41.5 Å². The first-order valence-electron chi connectivity index (χ1n) is 18.4. The summed E-state index contributed by atoms with van der Waals surface area (Å²) in [7, 11) is 0. The van der Waals surface area contributed by atoms with Gasteiger partial charge in [-0.25, -0.2) is 0 Å². The summed E-state index contributed by atoms with van der Waals surface area (Å²) >= 11 is 0. The molecule has 0 aliphatic rings. The molecule has 0 aromatic carbocycles. The predicted octanol–water partition coefficient (Wildman–Crippen LogP) is 11.3. The molecular formula is C39H74O5. The van der Waals surface area contributed by atoms with Crippen LogP contribution in [0.25, 0.3) is 0 Å². The smallest absolute Gasteiger partial charge is 0.311 e. The molecule has 0 saturated carbocycles. The standard InChI is InChI=1S/C39H74O5/c1-31(2)19-17-21-33(5)25-29-43-36(41)38(7,8)27-15-11-13-23-35(40)24-14-12-16-28-39(9,10)37(42)44-30-26-34(6)22-18-20-32(3)4/h31-34H,11-30H2,1-10H3. The van der Waals surface area contributed by atoms with Crippen LogP contribution in [0.4, 0.5) is 0 Å². The van der Waals surface area contributed by atoms with Gasteiger partial charge in [0.15, 0.2) is 0 Å². The summed E-state index contributed by atoms with van der Waals surface area (Å²) in [6.45, 7) is 22.5. The van der Waals surface area contributed by atoms with Crippen molar-refractivity contribution >= 4 is 17.7 Å². The van der Waals surface area contributed by atoms with Gasteiger partial charge in [0.1, 0.15) is 5.78 Å². The number of Topliss-reactive ketones (excluding diaryl/α,β-unsaturated/α-hetero) is 1. The molecule has 2 unspecified atom stereocenters. The Bertz CT molecular complexity index is 704. The summed E-state index contributed by atoms with van der Waals surface area (Å²) in [5.74, 6) is 2.81. The monoisotopic (exact) mass is 623 g/mol. The minimum atomic E-state index is -0.476. The molecule has 0 aliphatic carbocycles. The Morgan fingerprint density at radius 3 is 1.18 bits per heavy atom. The molecule has 44 heavy (non-hydrogen) atoms. The van der Waals surface area contributed by atoms with Crippen molar-refractivity contribution in [1.29, 1.82) is 0 Å². The van der Waals surface area contributed by atoms with E-state index in [1.165, 1.54) is 38.5 Å². The van der Waals surface area contributed by atoms with Crippen LogP contribution in [0.2, 0.25) is 0 Å². The highest BCUT2D eigenvalue weighted by molar-refractivity contribution is 5.78. The molecule has 0 aromatic rings. The molecule has 0 amide bonds. The van der Waals surface area contributed by atoms with Crippen molar-refractivity contribution in [3.8, 4) is 0 Å². The number of carbonyl (C=O) groups is 3. The van der Waals surface area contributed by atoms with Crippen LogP contribution in [-0.4, -0.2) is 30.9 Å². The Labute approximate surface area is 273 Å². The van der Waals surface area contributed by atoms with Crippen LogP contribution in [0.5, 0.6) is 0 Å². The maximum Gasteiger partial charge on any atom is 0.311 e. The summed E-state index contributed by atoms with van der Waals surface area (Å²) in [6.07, 6.45) is 17.7. The third-order valence-electron chi connectivity index (χ3n) is 9.26. The molecule has 0 saturated heterocycles. The number of carbonyl (C=O) groups excluding carboxylic acids is 3. The van der Waals surface area contributed by atoms with Crippen molar-refractivity contribution in [2.24, 2.45) is 34.5 Å². The van der Waals surface area contributed by atoms with Crippen molar-refractivity contribution in [2.75, 3.05) is 13.2 Å². The minimum absolute atomic E-state index is 0.0958. The molecule has 260 valence electrons. The summed E-state index contributed by atoms with van der Waals surface area (Å²) in [6, 6.07) is 0. The van der Waals surface area contributed by atoms with Gasteiger partial charge in [-0.2, -0.15) is 0 Å². The molecule has 0 heterocycles. The molecule has 0 aliphatic heterocycles. The first-order valence-corrected chi connectivity index (χ1v) is 18.4. The second kappa shape index (κ2) is 23.9. The van der Waals surface area contributed by atoms with Gasteiger partial charge in [-0.1, -0.05) is 106 Å². The van der Waals surface area contributed by atoms with Gasteiger partial charge in [0.2, 0.25) is 0 Å². The van der Waals surface area contributed by atoms with E-state index in [9.17, 15) is 14.4 Å². The lowest BCUT2D eigenvalue weighted by atomic mass is 9.86. The van der Waals surface area contributed by atoms with E-state index < -0.39 is 10.8 Å². The zero-order valence-electron chi connectivity index (χ0n) is 31.0. The molecule has 5 heteroatoms. The highest BCUT2D eigenvalue weighted by atomic mass is 16.5. The number of esters is 2. The number of hydrogen-bond acceptors (Lipinski definition) is 5. The first kappa shape index (κ1) is 42.6. The molecule has 5 nitrogen and oxygen atoms in total. The van der Waals surface area contributed by atoms with Gasteiger partial charge < -0.3 is 9.47 Å². The highest BCUT2D eigenvalue weighted by Crippen LogP contribution is 2.28. The summed E-state index contributed by atoms with van der Waals surface area (Å²) in [5.41, 5.74) is -0.951. The van der Waals surface area contributed by atoms with Crippen LogP contribution in [-0.2, 0) is 23.9 Å². The number of ketones is 1. The molecule has 0 bridgehead atoms. The van der Waals surface area contributed by atoms with Crippen molar-refractivity contribution in [2.45, 2.75) is 185 Å². The van der Waals surface area contributed by atoms with E-state index in [1.54, 1.807) is 0 Å². The Hall–Kier alpha value is -1.39. The number of rotatable bonds is 28. The fourth-order valence-electron chi connectivity index (χ4n) is 5.60. The van der Waals surface area contributed by atoms with Gasteiger partial charge in [-0.3, -0.25) is 14.4 Å².